The van der Waals surface area contributed by atoms with E-state index in [2.05, 4.69) is 10.6 Å². The predicted molar refractivity (Wildman–Crippen MR) is 95.8 cm³/mol. The molecule has 0 fully saturated rings. The molecule has 2 amide bonds. The molecule has 6 heteroatoms. The van der Waals surface area contributed by atoms with Crippen molar-refractivity contribution in [1.82, 2.24) is 10.6 Å². The van der Waals surface area contributed by atoms with Crippen molar-refractivity contribution in [2.75, 3.05) is 6.61 Å². The molecule has 138 valence electrons. The summed E-state index contributed by atoms with van der Waals surface area (Å²) in [6, 6.07) is 8.48. The van der Waals surface area contributed by atoms with Crippen LogP contribution in [0, 0.1) is 5.92 Å². The number of nitrogens with one attached hydrogen (secondary N) is 2. The van der Waals surface area contributed by atoms with Crippen LogP contribution in [0.3, 0.4) is 0 Å². The molecule has 0 radical (unpaired) electrons. The average molecular weight is 348 g/mol. The quantitative estimate of drug-likeness (QED) is 0.736. The van der Waals surface area contributed by atoms with Crippen LogP contribution < -0.4 is 10.6 Å². The van der Waals surface area contributed by atoms with Crippen molar-refractivity contribution < 1.29 is 19.1 Å². The Morgan fingerprint density at radius 2 is 1.64 bits per heavy atom. The molecule has 0 unspecified atom stereocenters. The number of hydrogen-bond donors (Lipinski definition) is 2. The van der Waals surface area contributed by atoms with Gasteiger partial charge in [0.1, 0.15) is 6.04 Å². The van der Waals surface area contributed by atoms with E-state index >= 15 is 0 Å². The largest absolute Gasteiger partial charge is 0.454 e. The fraction of sp³-hybridized carbons (Fsp3) is 0.526. The van der Waals surface area contributed by atoms with Gasteiger partial charge in [0.15, 0.2) is 6.61 Å². The SMILES string of the molecule is CC(C)[C@H](NC(=O)Cc1ccccc1)C(=O)OCC(=O)NC(C)(C)C. The van der Waals surface area contributed by atoms with Gasteiger partial charge in [0, 0.05) is 5.54 Å². The number of carbonyl (C=O) groups excluding carboxylic acids is 3. The highest BCUT2D eigenvalue weighted by atomic mass is 16.5. The third-order valence-electron chi connectivity index (χ3n) is 3.30. The molecular formula is C19H28N2O4. The van der Waals surface area contributed by atoms with Crippen molar-refractivity contribution in [3.63, 3.8) is 0 Å². The number of ether oxygens (including phenoxy) is 1. The van der Waals surface area contributed by atoms with Crippen LogP contribution in [0.5, 0.6) is 0 Å². The average Bonchev–Trinajstić information content (AvgIpc) is 2.49. The van der Waals surface area contributed by atoms with Crippen molar-refractivity contribution in [3.8, 4) is 0 Å². The zero-order valence-corrected chi connectivity index (χ0v) is 15.6. The van der Waals surface area contributed by atoms with Crippen molar-refractivity contribution in [2.45, 2.75) is 52.6 Å². The molecule has 0 saturated carbocycles. The van der Waals surface area contributed by atoms with Gasteiger partial charge in [0.25, 0.3) is 5.91 Å². The summed E-state index contributed by atoms with van der Waals surface area (Å²) < 4.78 is 5.06. The Balaban J connectivity index is 2.56. The van der Waals surface area contributed by atoms with Gasteiger partial charge in [-0.2, -0.15) is 0 Å². The lowest BCUT2D eigenvalue weighted by atomic mass is 10.0. The first-order chi connectivity index (χ1) is 11.6. The number of benzene rings is 1. The van der Waals surface area contributed by atoms with Crippen molar-refractivity contribution >= 4 is 17.8 Å². The second kappa shape index (κ2) is 9.20. The van der Waals surface area contributed by atoms with Crippen LogP contribution in [0.25, 0.3) is 0 Å². The molecule has 0 aliphatic rings. The van der Waals surface area contributed by atoms with Crippen LogP contribution in [0.4, 0.5) is 0 Å². The molecule has 0 aliphatic carbocycles. The third kappa shape index (κ3) is 8.33. The molecule has 0 heterocycles. The van der Waals surface area contributed by atoms with Crippen molar-refractivity contribution in [2.24, 2.45) is 5.92 Å². The van der Waals surface area contributed by atoms with Crippen LogP contribution in [-0.2, 0) is 25.5 Å². The van der Waals surface area contributed by atoms with Crippen molar-refractivity contribution in [1.29, 1.82) is 0 Å². The fourth-order valence-electron chi connectivity index (χ4n) is 2.18. The normalized spacial score (nSPS) is 12.4. The van der Waals surface area contributed by atoms with E-state index in [1.807, 2.05) is 65.0 Å². The summed E-state index contributed by atoms with van der Waals surface area (Å²) in [7, 11) is 0. The minimum Gasteiger partial charge on any atom is -0.454 e. The molecule has 0 saturated heterocycles. The Morgan fingerprint density at radius 1 is 1.04 bits per heavy atom. The fourth-order valence-corrected chi connectivity index (χ4v) is 2.18. The zero-order valence-electron chi connectivity index (χ0n) is 15.6. The zero-order chi connectivity index (χ0) is 19.0. The Labute approximate surface area is 149 Å². The molecular weight excluding hydrogens is 320 g/mol. The summed E-state index contributed by atoms with van der Waals surface area (Å²) in [5.41, 5.74) is 0.464. The highest BCUT2D eigenvalue weighted by Gasteiger charge is 2.26. The maximum Gasteiger partial charge on any atom is 0.329 e. The topological polar surface area (TPSA) is 84.5 Å². The van der Waals surface area contributed by atoms with Gasteiger partial charge in [-0.15, -0.1) is 0 Å². The van der Waals surface area contributed by atoms with E-state index in [1.165, 1.54) is 0 Å². The molecule has 0 spiro atoms. The van der Waals surface area contributed by atoms with Gasteiger partial charge in [-0.1, -0.05) is 44.2 Å². The summed E-state index contributed by atoms with van der Waals surface area (Å²) >= 11 is 0. The Hall–Kier alpha value is -2.37. The number of hydrogen-bond acceptors (Lipinski definition) is 4. The minimum absolute atomic E-state index is 0.155. The van der Waals surface area contributed by atoms with E-state index in [9.17, 15) is 14.4 Å². The lowest BCUT2D eigenvalue weighted by molar-refractivity contribution is -0.153. The Kier molecular flexibility index (Phi) is 7.61. The van der Waals surface area contributed by atoms with Crippen LogP contribution in [0.2, 0.25) is 0 Å². The molecule has 0 bridgehead atoms. The summed E-state index contributed by atoms with van der Waals surface area (Å²) in [6.07, 6.45) is 0.182. The summed E-state index contributed by atoms with van der Waals surface area (Å²) in [4.78, 5) is 36.1. The Bertz CT molecular complexity index is 591. The molecule has 1 aromatic carbocycles. The van der Waals surface area contributed by atoms with Gasteiger partial charge in [-0.25, -0.2) is 4.79 Å². The van der Waals surface area contributed by atoms with E-state index in [0.29, 0.717) is 0 Å². The summed E-state index contributed by atoms with van der Waals surface area (Å²) in [5, 5.41) is 5.40. The number of amides is 2. The third-order valence-corrected chi connectivity index (χ3v) is 3.30. The minimum atomic E-state index is -0.793. The molecule has 2 N–H and O–H groups in total. The monoisotopic (exact) mass is 348 g/mol. The second-order valence-corrected chi connectivity index (χ2v) is 7.36. The first kappa shape index (κ1) is 20.7. The van der Waals surface area contributed by atoms with E-state index in [-0.39, 0.29) is 30.8 Å². The number of esters is 1. The van der Waals surface area contributed by atoms with Gasteiger partial charge >= 0.3 is 5.97 Å². The smallest absolute Gasteiger partial charge is 0.329 e. The number of rotatable bonds is 7. The summed E-state index contributed by atoms with van der Waals surface area (Å²) in [5.74, 6) is -1.40. The molecule has 25 heavy (non-hydrogen) atoms. The lowest BCUT2D eigenvalue weighted by Crippen LogP contribution is -2.47. The van der Waals surface area contributed by atoms with Crippen LogP contribution in [0.15, 0.2) is 30.3 Å². The second-order valence-electron chi connectivity index (χ2n) is 7.36. The predicted octanol–water partition coefficient (Wildman–Crippen LogP) is 1.83. The van der Waals surface area contributed by atoms with Crippen molar-refractivity contribution in [3.05, 3.63) is 35.9 Å². The Morgan fingerprint density at radius 3 is 2.16 bits per heavy atom. The van der Waals surface area contributed by atoms with E-state index in [0.717, 1.165) is 5.56 Å². The molecule has 1 aromatic rings. The highest BCUT2D eigenvalue weighted by molar-refractivity contribution is 5.87. The first-order valence-corrected chi connectivity index (χ1v) is 8.39. The molecule has 1 rings (SSSR count). The van der Waals surface area contributed by atoms with E-state index in [1.54, 1.807) is 0 Å². The van der Waals surface area contributed by atoms with E-state index < -0.39 is 17.6 Å². The molecule has 6 nitrogen and oxygen atoms in total. The number of carbonyl (C=O) groups is 3. The van der Waals surface area contributed by atoms with Gasteiger partial charge in [0.05, 0.1) is 6.42 Å². The first-order valence-electron chi connectivity index (χ1n) is 8.39. The van der Waals surface area contributed by atoms with Gasteiger partial charge in [-0.05, 0) is 32.3 Å². The lowest BCUT2D eigenvalue weighted by Gasteiger charge is -2.23. The highest BCUT2D eigenvalue weighted by Crippen LogP contribution is 2.06. The van der Waals surface area contributed by atoms with Gasteiger partial charge in [0.2, 0.25) is 5.91 Å². The van der Waals surface area contributed by atoms with Crippen LogP contribution in [-0.4, -0.2) is 36.0 Å². The molecule has 0 aliphatic heterocycles. The van der Waals surface area contributed by atoms with Crippen LogP contribution in [0.1, 0.15) is 40.2 Å². The molecule has 1 atom stereocenters. The molecule has 0 aromatic heterocycles. The standard InChI is InChI=1S/C19H28N2O4/c1-13(2)17(18(24)25-12-16(23)21-19(3,4)5)20-15(22)11-14-9-7-6-8-10-14/h6-10,13,17H,11-12H2,1-5H3,(H,20,22)(H,21,23)/t17-/m0/s1. The maximum absolute atomic E-state index is 12.2. The van der Waals surface area contributed by atoms with Crippen LogP contribution >= 0.6 is 0 Å². The van der Waals surface area contributed by atoms with E-state index in [4.69, 9.17) is 4.74 Å². The maximum atomic E-state index is 12.2. The van der Waals surface area contributed by atoms with Gasteiger partial charge in [-0.3, -0.25) is 9.59 Å². The summed E-state index contributed by atoms with van der Waals surface area (Å²) in [6.45, 7) is 8.77. The van der Waals surface area contributed by atoms with Gasteiger partial charge < -0.3 is 15.4 Å².